The Hall–Kier alpha value is -2.75. The second-order valence-corrected chi connectivity index (χ2v) is 6.29. The molecule has 0 heterocycles. The summed E-state index contributed by atoms with van der Waals surface area (Å²) in [5.74, 6) is -1.08. The van der Waals surface area contributed by atoms with Crippen LogP contribution in [0.1, 0.15) is 60.7 Å². The van der Waals surface area contributed by atoms with E-state index in [0.717, 1.165) is 12.0 Å². The molecule has 0 unspecified atom stereocenters. The maximum absolute atomic E-state index is 12.6. The molecule has 0 bridgehead atoms. The molecule has 0 aliphatic heterocycles. The van der Waals surface area contributed by atoms with Gasteiger partial charge in [-0.2, -0.15) is 0 Å². The fourth-order valence-corrected chi connectivity index (χ4v) is 2.78. The maximum Gasteiger partial charge on any atom is 0.330 e. The summed E-state index contributed by atoms with van der Waals surface area (Å²) < 4.78 is 0. The van der Waals surface area contributed by atoms with Gasteiger partial charge in [0.25, 0.3) is 0 Å². The Bertz CT molecular complexity index is 822. The molecule has 0 atom stereocenters. The van der Waals surface area contributed by atoms with E-state index in [0.29, 0.717) is 40.7 Å². The summed E-state index contributed by atoms with van der Waals surface area (Å²) in [5, 5.41) is 8.83. The van der Waals surface area contributed by atoms with Crippen molar-refractivity contribution >= 4 is 17.5 Å². The SMILES string of the molecule is CC1=C(C/C=C(\C)CC/C=C(\C)C(=O)O)C(=O)c2ccccc2C1=O. The standard InChI is InChI=1S/C21H22O4/c1-13(7-6-8-14(2)21(24)25)11-12-16-15(3)19(22)17-9-4-5-10-18(17)20(16)23/h4-5,8-11H,6-7,12H2,1-3H3,(H,24,25)/b13-11+,14-8+. The third kappa shape index (κ3) is 4.21. The number of carbonyl (C=O) groups is 3. The number of carboxylic acids is 1. The monoisotopic (exact) mass is 338 g/mol. The number of allylic oxidation sites excluding steroid dienone is 5. The molecule has 1 N–H and O–H groups in total. The molecule has 0 radical (unpaired) electrons. The molecule has 4 nitrogen and oxygen atoms in total. The quantitative estimate of drug-likeness (QED) is 0.611. The van der Waals surface area contributed by atoms with Gasteiger partial charge in [0.15, 0.2) is 11.6 Å². The molecule has 1 aliphatic rings. The van der Waals surface area contributed by atoms with Gasteiger partial charge in [-0.15, -0.1) is 0 Å². The normalized spacial score (nSPS) is 15.5. The molecule has 2 rings (SSSR count). The molecule has 0 spiro atoms. The molecular formula is C21H22O4. The number of fused-ring (bicyclic) bond motifs is 1. The molecule has 0 aromatic heterocycles. The first kappa shape index (κ1) is 18.6. The first-order valence-electron chi connectivity index (χ1n) is 8.26. The summed E-state index contributed by atoms with van der Waals surface area (Å²) >= 11 is 0. The molecule has 4 heteroatoms. The number of aliphatic carboxylic acids is 1. The van der Waals surface area contributed by atoms with Crippen molar-refractivity contribution < 1.29 is 19.5 Å². The van der Waals surface area contributed by atoms with Crippen LogP contribution in [0.2, 0.25) is 0 Å². The van der Waals surface area contributed by atoms with E-state index in [-0.39, 0.29) is 11.6 Å². The molecule has 1 aromatic rings. The van der Waals surface area contributed by atoms with Gasteiger partial charge in [0.2, 0.25) is 0 Å². The van der Waals surface area contributed by atoms with Gasteiger partial charge in [-0.25, -0.2) is 4.79 Å². The largest absolute Gasteiger partial charge is 0.478 e. The van der Waals surface area contributed by atoms with Crippen LogP contribution in [0, 0.1) is 0 Å². The van der Waals surface area contributed by atoms with E-state index >= 15 is 0 Å². The van der Waals surface area contributed by atoms with Crippen LogP contribution >= 0.6 is 0 Å². The van der Waals surface area contributed by atoms with Gasteiger partial charge in [-0.3, -0.25) is 9.59 Å². The van der Waals surface area contributed by atoms with Crippen LogP contribution in [-0.4, -0.2) is 22.6 Å². The molecular weight excluding hydrogens is 316 g/mol. The van der Waals surface area contributed by atoms with Crippen LogP contribution in [0.25, 0.3) is 0 Å². The van der Waals surface area contributed by atoms with E-state index in [1.807, 2.05) is 13.0 Å². The van der Waals surface area contributed by atoms with Gasteiger partial charge in [-0.1, -0.05) is 42.0 Å². The minimum Gasteiger partial charge on any atom is -0.478 e. The minimum absolute atomic E-state index is 0.0848. The van der Waals surface area contributed by atoms with Crippen LogP contribution in [-0.2, 0) is 4.79 Å². The average Bonchev–Trinajstić information content (AvgIpc) is 2.59. The lowest BCUT2D eigenvalue weighted by Gasteiger charge is -2.18. The summed E-state index contributed by atoms with van der Waals surface area (Å²) in [7, 11) is 0. The Morgan fingerprint density at radius 3 is 2.24 bits per heavy atom. The number of rotatable bonds is 6. The molecule has 0 saturated heterocycles. The van der Waals surface area contributed by atoms with Crippen molar-refractivity contribution in [3.63, 3.8) is 0 Å². The van der Waals surface area contributed by atoms with Crippen molar-refractivity contribution in [2.45, 2.75) is 40.0 Å². The Morgan fingerprint density at radius 1 is 1.04 bits per heavy atom. The van der Waals surface area contributed by atoms with E-state index in [1.54, 1.807) is 44.2 Å². The zero-order valence-electron chi connectivity index (χ0n) is 14.8. The first-order valence-corrected chi connectivity index (χ1v) is 8.26. The summed E-state index contributed by atoms with van der Waals surface area (Å²) in [5.41, 5.74) is 3.39. The van der Waals surface area contributed by atoms with Crippen LogP contribution in [0.4, 0.5) is 0 Å². The lowest BCUT2D eigenvalue weighted by Crippen LogP contribution is -2.20. The minimum atomic E-state index is -0.910. The number of carbonyl (C=O) groups excluding carboxylic acids is 2. The summed E-state index contributed by atoms with van der Waals surface area (Å²) in [6.45, 7) is 5.22. The smallest absolute Gasteiger partial charge is 0.330 e. The van der Waals surface area contributed by atoms with Crippen molar-refractivity contribution in [2.24, 2.45) is 0 Å². The van der Waals surface area contributed by atoms with Gasteiger partial charge in [0.05, 0.1) is 0 Å². The zero-order valence-corrected chi connectivity index (χ0v) is 14.8. The molecule has 1 aromatic carbocycles. The van der Waals surface area contributed by atoms with E-state index in [4.69, 9.17) is 5.11 Å². The summed E-state index contributed by atoms with van der Waals surface area (Å²) in [6, 6.07) is 6.91. The van der Waals surface area contributed by atoms with Gasteiger partial charge < -0.3 is 5.11 Å². The van der Waals surface area contributed by atoms with Crippen LogP contribution < -0.4 is 0 Å². The first-order chi connectivity index (χ1) is 11.8. The second-order valence-electron chi connectivity index (χ2n) is 6.29. The Morgan fingerprint density at radius 2 is 1.64 bits per heavy atom. The van der Waals surface area contributed by atoms with Crippen LogP contribution in [0.3, 0.4) is 0 Å². The predicted molar refractivity (Wildman–Crippen MR) is 96.8 cm³/mol. The number of ketones is 2. The van der Waals surface area contributed by atoms with E-state index in [1.165, 1.54) is 0 Å². The van der Waals surface area contributed by atoms with Crippen molar-refractivity contribution in [2.75, 3.05) is 0 Å². The molecule has 1 aliphatic carbocycles. The molecule has 25 heavy (non-hydrogen) atoms. The van der Waals surface area contributed by atoms with Crippen molar-refractivity contribution in [3.8, 4) is 0 Å². The van der Waals surface area contributed by atoms with Gasteiger partial charge in [-0.05, 0) is 40.0 Å². The molecule has 130 valence electrons. The summed E-state index contributed by atoms with van der Waals surface area (Å²) in [4.78, 5) is 35.8. The number of benzene rings is 1. The van der Waals surface area contributed by atoms with Crippen LogP contribution in [0.15, 0.2) is 58.7 Å². The van der Waals surface area contributed by atoms with Crippen molar-refractivity contribution in [3.05, 3.63) is 69.8 Å². The zero-order chi connectivity index (χ0) is 18.6. The Balaban J connectivity index is 2.11. The number of carboxylic acid groups (broad SMARTS) is 1. The van der Waals surface area contributed by atoms with Crippen molar-refractivity contribution in [1.29, 1.82) is 0 Å². The fraction of sp³-hybridized carbons (Fsp3) is 0.286. The second kappa shape index (κ2) is 7.88. The number of hydrogen-bond donors (Lipinski definition) is 1. The van der Waals surface area contributed by atoms with Gasteiger partial charge in [0, 0.05) is 27.8 Å². The highest BCUT2D eigenvalue weighted by Gasteiger charge is 2.28. The Kier molecular flexibility index (Phi) is 5.86. The van der Waals surface area contributed by atoms with Crippen molar-refractivity contribution in [1.82, 2.24) is 0 Å². The highest BCUT2D eigenvalue weighted by atomic mass is 16.4. The van der Waals surface area contributed by atoms with E-state index in [2.05, 4.69) is 0 Å². The topological polar surface area (TPSA) is 71.4 Å². The predicted octanol–water partition coefficient (Wildman–Crippen LogP) is 4.53. The average molecular weight is 338 g/mol. The highest BCUT2D eigenvalue weighted by Crippen LogP contribution is 2.28. The third-order valence-electron chi connectivity index (χ3n) is 4.46. The summed E-state index contributed by atoms with van der Waals surface area (Å²) in [6.07, 6.45) is 5.40. The molecule has 0 saturated carbocycles. The van der Waals surface area contributed by atoms with Crippen LogP contribution in [0.5, 0.6) is 0 Å². The fourth-order valence-electron chi connectivity index (χ4n) is 2.78. The number of Topliss-reactive ketones (excluding diaryl/α,β-unsaturated/α-hetero) is 2. The third-order valence-corrected chi connectivity index (χ3v) is 4.46. The molecule has 0 fully saturated rings. The lowest BCUT2D eigenvalue weighted by molar-refractivity contribution is -0.132. The lowest BCUT2D eigenvalue weighted by atomic mass is 9.83. The highest BCUT2D eigenvalue weighted by molar-refractivity contribution is 6.26. The molecule has 0 amide bonds. The number of hydrogen-bond acceptors (Lipinski definition) is 3. The Labute approximate surface area is 147 Å². The van der Waals surface area contributed by atoms with E-state index in [9.17, 15) is 14.4 Å². The van der Waals surface area contributed by atoms with Gasteiger partial charge >= 0.3 is 5.97 Å². The maximum atomic E-state index is 12.6. The van der Waals surface area contributed by atoms with E-state index < -0.39 is 5.97 Å². The van der Waals surface area contributed by atoms with Gasteiger partial charge in [0.1, 0.15) is 0 Å².